The van der Waals surface area contributed by atoms with Crippen molar-refractivity contribution in [1.29, 1.82) is 0 Å². The number of nitrogens with zero attached hydrogens (tertiary/aromatic N) is 3. The molecule has 0 saturated carbocycles. The molecule has 0 aromatic carbocycles. The Balaban J connectivity index is 1.97. The highest BCUT2D eigenvalue weighted by molar-refractivity contribution is 6.29. The number of pyridine rings is 1. The zero-order chi connectivity index (χ0) is 11.0. The lowest BCUT2D eigenvalue weighted by molar-refractivity contribution is 0.509. The zero-order valence-corrected chi connectivity index (χ0v) is 9.57. The van der Waals surface area contributed by atoms with Gasteiger partial charge < -0.3 is 9.32 Å². The van der Waals surface area contributed by atoms with Gasteiger partial charge in [0.2, 0.25) is 5.65 Å². The minimum atomic E-state index is 0.450. The third-order valence-electron chi connectivity index (χ3n) is 2.83. The highest BCUT2D eigenvalue weighted by Gasteiger charge is 2.17. The van der Waals surface area contributed by atoms with E-state index in [1.165, 1.54) is 19.3 Å². The molecule has 0 bridgehead atoms. The molecule has 0 atom stereocenters. The number of piperidine rings is 1. The van der Waals surface area contributed by atoms with Crippen LogP contribution in [-0.2, 0) is 0 Å². The van der Waals surface area contributed by atoms with Crippen LogP contribution in [0.15, 0.2) is 16.5 Å². The first-order valence-electron chi connectivity index (χ1n) is 5.51. The summed E-state index contributed by atoms with van der Waals surface area (Å²) in [5.41, 5.74) is 1.29. The summed E-state index contributed by atoms with van der Waals surface area (Å²) in [5, 5.41) is 0.450. The highest BCUT2D eigenvalue weighted by atomic mass is 35.5. The number of oxazole rings is 1. The molecule has 84 valence electrons. The molecule has 3 rings (SSSR count). The van der Waals surface area contributed by atoms with Crippen molar-refractivity contribution in [3.63, 3.8) is 0 Å². The maximum atomic E-state index is 5.81. The minimum Gasteiger partial charge on any atom is -0.422 e. The first-order valence-corrected chi connectivity index (χ1v) is 5.89. The summed E-state index contributed by atoms with van der Waals surface area (Å²) in [6, 6.07) is 4.20. The molecule has 0 amide bonds. The molecule has 2 aromatic rings. The lowest BCUT2D eigenvalue weighted by atomic mass is 10.1. The van der Waals surface area contributed by atoms with E-state index >= 15 is 0 Å². The summed E-state index contributed by atoms with van der Waals surface area (Å²) in [5.74, 6) is 0. The number of hydrogen-bond donors (Lipinski definition) is 0. The topological polar surface area (TPSA) is 42.2 Å². The van der Waals surface area contributed by atoms with Crippen LogP contribution < -0.4 is 4.90 Å². The summed E-state index contributed by atoms with van der Waals surface area (Å²) in [4.78, 5) is 10.7. The van der Waals surface area contributed by atoms with Gasteiger partial charge in [0.05, 0.1) is 0 Å². The van der Waals surface area contributed by atoms with Gasteiger partial charge in [-0.25, -0.2) is 4.98 Å². The van der Waals surface area contributed by atoms with Crippen molar-refractivity contribution in [2.45, 2.75) is 19.3 Å². The van der Waals surface area contributed by atoms with Crippen molar-refractivity contribution in [2.24, 2.45) is 0 Å². The van der Waals surface area contributed by atoms with E-state index in [0.717, 1.165) is 13.1 Å². The predicted molar refractivity (Wildman–Crippen MR) is 62.9 cm³/mol. The van der Waals surface area contributed by atoms with Crippen LogP contribution in [0.4, 0.5) is 6.01 Å². The second-order valence-electron chi connectivity index (χ2n) is 4.00. The van der Waals surface area contributed by atoms with Crippen LogP contribution in [0.3, 0.4) is 0 Å². The van der Waals surface area contributed by atoms with E-state index in [2.05, 4.69) is 14.9 Å². The van der Waals surface area contributed by atoms with Crippen LogP contribution in [0.2, 0.25) is 5.15 Å². The SMILES string of the molecule is Clc1ccc2oc(N3CCCCC3)nc2n1. The Morgan fingerprint density at radius 3 is 2.75 bits per heavy atom. The van der Waals surface area contributed by atoms with E-state index in [1.807, 2.05) is 6.07 Å². The molecule has 0 radical (unpaired) electrons. The standard InChI is InChI=1S/C11H12ClN3O/c12-9-5-4-8-10(13-9)14-11(16-8)15-6-2-1-3-7-15/h4-5H,1-3,6-7H2. The third-order valence-corrected chi connectivity index (χ3v) is 3.05. The fourth-order valence-corrected chi connectivity index (χ4v) is 2.15. The molecule has 0 unspecified atom stereocenters. The maximum absolute atomic E-state index is 5.81. The van der Waals surface area contributed by atoms with Crippen molar-refractivity contribution in [2.75, 3.05) is 18.0 Å². The Morgan fingerprint density at radius 1 is 1.12 bits per heavy atom. The normalized spacial score (nSPS) is 16.9. The fourth-order valence-electron chi connectivity index (χ4n) is 2.00. The van der Waals surface area contributed by atoms with E-state index in [4.69, 9.17) is 16.0 Å². The van der Waals surface area contributed by atoms with Gasteiger partial charge in [0, 0.05) is 13.1 Å². The Labute approximate surface area is 98.2 Å². The molecule has 1 aliphatic heterocycles. The lowest BCUT2D eigenvalue weighted by Crippen LogP contribution is -2.29. The smallest absolute Gasteiger partial charge is 0.299 e. The molecule has 0 N–H and O–H groups in total. The quantitative estimate of drug-likeness (QED) is 0.716. The molecule has 2 aromatic heterocycles. The summed E-state index contributed by atoms with van der Waals surface area (Å²) < 4.78 is 5.66. The summed E-state index contributed by atoms with van der Waals surface area (Å²) in [7, 11) is 0. The number of anilines is 1. The molecule has 16 heavy (non-hydrogen) atoms. The Hall–Kier alpha value is -1.29. The number of rotatable bonds is 1. The minimum absolute atomic E-state index is 0.450. The van der Waals surface area contributed by atoms with E-state index < -0.39 is 0 Å². The molecule has 5 heteroatoms. The number of fused-ring (bicyclic) bond motifs is 1. The maximum Gasteiger partial charge on any atom is 0.299 e. The molecule has 4 nitrogen and oxygen atoms in total. The van der Waals surface area contributed by atoms with Crippen molar-refractivity contribution in [3.05, 3.63) is 17.3 Å². The van der Waals surface area contributed by atoms with Crippen molar-refractivity contribution < 1.29 is 4.42 Å². The monoisotopic (exact) mass is 237 g/mol. The molecule has 3 heterocycles. The van der Waals surface area contributed by atoms with Crippen LogP contribution in [0.5, 0.6) is 0 Å². The van der Waals surface area contributed by atoms with Crippen molar-refractivity contribution in [1.82, 2.24) is 9.97 Å². The van der Waals surface area contributed by atoms with Crippen molar-refractivity contribution >= 4 is 28.8 Å². The number of aromatic nitrogens is 2. The highest BCUT2D eigenvalue weighted by Crippen LogP contribution is 2.24. The first-order chi connectivity index (χ1) is 7.83. The molecule has 1 aliphatic rings. The lowest BCUT2D eigenvalue weighted by Gasteiger charge is -2.24. The Bertz CT molecular complexity index is 505. The summed E-state index contributed by atoms with van der Waals surface area (Å²) in [6.07, 6.45) is 3.70. The van der Waals surface area contributed by atoms with Crippen LogP contribution in [0.25, 0.3) is 11.2 Å². The van der Waals surface area contributed by atoms with Crippen LogP contribution >= 0.6 is 11.6 Å². The Kier molecular flexibility index (Phi) is 2.44. The van der Waals surface area contributed by atoms with Gasteiger partial charge in [-0.05, 0) is 31.4 Å². The van der Waals surface area contributed by atoms with E-state index in [9.17, 15) is 0 Å². The van der Waals surface area contributed by atoms with Gasteiger partial charge in [-0.2, -0.15) is 4.98 Å². The van der Waals surface area contributed by atoms with Gasteiger partial charge in [0.15, 0.2) is 5.58 Å². The second kappa shape index (κ2) is 3.94. The predicted octanol–water partition coefficient (Wildman–Crippen LogP) is 2.87. The van der Waals surface area contributed by atoms with Crippen molar-refractivity contribution in [3.8, 4) is 0 Å². The van der Waals surface area contributed by atoms with E-state index in [1.54, 1.807) is 6.07 Å². The second-order valence-corrected chi connectivity index (χ2v) is 4.39. The van der Waals surface area contributed by atoms with Gasteiger partial charge in [-0.1, -0.05) is 11.6 Å². The molecular formula is C11H12ClN3O. The van der Waals surface area contributed by atoms with Gasteiger partial charge >= 0.3 is 0 Å². The van der Waals surface area contributed by atoms with Crippen LogP contribution in [0.1, 0.15) is 19.3 Å². The first kappa shape index (κ1) is 9.90. The van der Waals surface area contributed by atoms with Gasteiger partial charge in [0.1, 0.15) is 5.15 Å². The molecule has 0 aliphatic carbocycles. The molecule has 1 saturated heterocycles. The van der Waals surface area contributed by atoms with Crippen LogP contribution in [-0.4, -0.2) is 23.1 Å². The third kappa shape index (κ3) is 1.73. The van der Waals surface area contributed by atoms with E-state index in [0.29, 0.717) is 22.4 Å². The van der Waals surface area contributed by atoms with Crippen LogP contribution in [0, 0.1) is 0 Å². The Morgan fingerprint density at radius 2 is 1.94 bits per heavy atom. The van der Waals surface area contributed by atoms with Gasteiger partial charge in [0.25, 0.3) is 6.01 Å². The summed E-state index contributed by atoms with van der Waals surface area (Å²) in [6.45, 7) is 2.03. The zero-order valence-electron chi connectivity index (χ0n) is 8.82. The average molecular weight is 238 g/mol. The van der Waals surface area contributed by atoms with Gasteiger partial charge in [-0.3, -0.25) is 0 Å². The molecular weight excluding hydrogens is 226 g/mol. The fraction of sp³-hybridized carbons (Fsp3) is 0.455. The summed E-state index contributed by atoms with van der Waals surface area (Å²) >= 11 is 5.81. The van der Waals surface area contributed by atoms with Gasteiger partial charge in [-0.15, -0.1) is 0 Å². The number of halogens is 1. The number of hydrogen-bond acceptors (Lipinski definition) is 4. The molecule has 1 fully saturated rings. The average Bonchev–Trinajstić information content (AvgIpc) is 2.73. The largest absolute Gasteiger partial charge is 0.422 e. The van der Waals surface area contributed by atoms with E-state index in [-0.39, 0.29) is 0 Å². The molecule has 0 spiro atoms.